The molecule has 6 nitrogen and oxygen atoms in total. The highest BCUT2D eigenvalue weighted by Gasteiger charge is 2.25. The van der Waals surface area contributed by atoms with Crippen molar-refractivity contribution in [3.8, 4) is 0 Å². The maximum Gasteiger partial charge on any atom is 0.211 e. The second-order valence-electron chi connectivity index (χ2n) is 5.84. The molecular formula is C19H23NO5. The Morgan fingerprint density at radius 2 is 1.36 bits per heavy atom. The van der Waals surface area contributed by atoms with Gasteiger partial charge in [0.15, 0.2) is 0 Å². The molecule has 2 aromatic carbocycles. The largest absolute Gasteiger partial charge is 0.390 e. The average Bonchev–Trinajstić information content (AvgIpc) is 2.62. The zero-order valence-electron chi connectivity index (χ0n) is 14.0. The molecule has 2 atom stereocenters. The van der Waals surface area contributed by atoms with Gasteiger partial charge in [0, 0.05) is 4.92 Å². The summed E-state index contributed by atoms with van der Waals surface area (Å²) in [5.41, 5.74) is 1.97. The number of aliphatic hydroxyl groups excluding tert-OH is 1. The van der Waals surface area contributed by atoms with Gasteiger partial charge in [-0.25, -0.2) is 0 Å². The lowest BCUT2D eigenvalue weighted by Gasteiger charge is -2.19. The molecule has 25 heavy (non-hydrogen) atoms. The van der Waals surface area contributed by atoms with Gasteiger partial charge in [0.1, 0.15) is 0 Å². The average molecular weight is 345 g/mol. The fourth-order valence-corrected chi connectivity index (χ4v) is 2.39. The van der Waals surface area contributed by atoms with Crippen LogP contribution in [-0.4, -0.2) is 35.9 Å². The number of ether oxygens (including phenoxy) is 2. The summed E-state index contributed by atoms with van der Waals surface area (Å²) in [5.74, 6) is -0.616. The number of nitro groups is 1. The predicted octanol–water partition coefficient (Wildman–Crippen LogP) is 2.67. The first-order valence-corrected chi connectivity index (χ1v) is 8.18. The number of aliphatic hydroxyl groups is 1. The first-order valence-electron chi connectivity index (χ1n) is 8.18. The van der Waals surface area contributed by atoms with Crippen molar-refractivity contribution >= 4 is 0 Å². The van der Waals surface area contributed by atoms with Crippen molar-refractivity contribution in [2.45, 2.75) is 19.3 Å². The van der Waals surface area contributed by atoms with Crippen molar-refractivity contribution in [3.05, 3.63) is 81.9 Å². The molecule has 0 aliphatic rings. The summed E-state index contributed by atoms with van der Waals surface area (Å²) in [5, 5.41) is 21.1. The normalized spacial score (nSPS) is 13.3. The van der Waals surface area contributed by atoms with Crippen LogP contribution in [0.3, 0.4) is 0 Å². The molecule has 0 heterocycles. The van der Waals surface area contributed by atoms with Crippen molar-refractivity contribution < 1.29 is 19.5 Å². The van der Waals surface area contributed by atoms with Crippen LogP contribution < -0.4 is 0 Å². The van der Waals surface area contributed by atoms with Gasteiger partial charge >= 0.3 is 0 Å². The summed E-state index contributed by atoms with van der Waals surface area (Å²) in [6.07, 6.45) is -0.954. The van der Waals surface area contributed by atoms with Gasteiger partial charge < -0.3 is 14.6 Å². The van der Waals surface area contributed by atoms with Gasteiger partial charge in [-0.15, -0.1) is 0 Å². The van der Waals surface area contributed by atoms with E-state index in [0.29, 0.717) is 13.2 Å². The number of rotatable bonds is 11. The summed E-state index contributed by atoms with van der Waals surface area (Å²) in [4.78, 5) is 10.4. The molecule has 0 radical (unpaired) electrons. The Bertz CT molecular complexity index is 620. The summed E-state index contributed by atoms with van der Waals surface area (Å²) >= 11 is 0. The fourth-order valence-electron chi connectivity index (χ4n) is 2.39. The van der Waals surface area contributed by atoms with Gasteiger partial charge in [-0.3, -0.25) is 10.1 Å². The minimum Gasteiger partial charge on any atom is -0.390 e. The quantitative estimate of drug-likeness (QED) is 0.500. The van der Waals surface area contributed by atoms with Gasteiger partial charge in [0.2, 0.25) is 6.54 Å². The molecule has 0 spiro atoms. The van der Waals surface area contributed by atoms with E-state index in [2.05, 4.69) is 0 Å². The maximum absolute atomic E-state index is 10.8. The maximum atomic E-state index is 10.8. The van der Waals surface area contributed by atoms with Crippen LogP contribution in [0.15, 0.2) is 60.7 Å². The Kier molecular flexibility index (Phi) is 8.04. The number of benzene rings is 2. The Hall–Kier alpha value is -2.28. The van der Waals surface area contributed by atoms with E-state index in [1.807, 2.05) is 60.7 Å². The van der Waals surface area contributed by atoms with Gasteiger partial charge in [0.25, 0.3) is 0 Å². The summed E-state index contributed by atoms with van der Waals surface area (Å²) < 4.78 is 11.0. The summed E-state index contributed by atoms with van der Waals surface area (Å²) in [6.45, 7) is 0.485. The highest BCUT2D eigenvalue weighted by Crippen LogP contribution is 2.10. The SMILES string of the molecule is O=[N+]([O-])C[C@@H](COCc1ccccc1)[C@@H](O)COCc1ccccc1. The van der Waals surface area contributed by atoms with E-state index >= 15 is 0 Å². The molecule has 0 aliphatic carbocycles. The second kappa shape index (κ2) is 10.6. The van der Waals surface area contributed by atoms with E-state index in [9.17, 15) is 15.2 Å². The highest BCUT2D eigenvalue weighted by atomic mass is 16.6. The monoisotopic (exact) mass is 345 g/mol. The van der Waals surface area contributed by atoms with Crippen LogP contribution in [0.2, 0.25) is 0 Å². The van der Waals surface area contributed by atoms with E-state index in [1.54, 1.807) is 0 Å². The lowest BCUT2D eigenvalue weighted by molar-refractivity contribution is -0.491. The first kappa shape index (κ1) is 19.1. The third-order valence-corrected chi connectivity index (χ3v) is 3.77. The second-order valence-corrected chi connectivity index (χ2v) is 5.84. The zero-order chi connectivity index (χ0) is 17.9. The van der Waals surface area contributed by atoms with Gasteiger partial charge in [-0.2, -0.15) is 0 Å². The van der Waals surface area contributed by atoms with Crippen LogP contribution in [0.4, 0.5) is 0 Å². The third-order valence-electron chi connectivity index (χ3n) is 3.77. The summed E-state index contributed by atoms with van der Waals surface area (Å²) in [6, 6.07) is 19.1. The fraction of sp³-hybridized carbons (Fsp3) is 0.368. The van der Waals surface area contributed by atoms with Crippen molar-refractivity contribution in [2.75, 3.05) is 19.8 Å². The molecule has 6 heteroatoms. The molecule has 0 bridgehead atoms. The van der Waals surface area contributed by atoms with Gasteiger partial charge in [-0.05, 0) is 11.1 Å². The Balaban J connectivity index is 1.77. The van der Waals surface area contributed by atoms with E-state index in [4.69, 9.17) is 9.47 Å². The summed E-state index contributed by atoms with van der Waals surface area (Å²) in [7, 11) is 0. The minimum absolute atomic E-state index is 0.0299. The highest BCUT2D eigenvalue weighted by molar-refractivity contribution is 5.14. The van der Waals surface area contributed by atoms with E-state index in [-0.39, 0.29) is 19.8 Å². The van der Waals surface area contributed by atoms with Crippen molar-refractivity contribution in [1.82, 2.24) is 0 Å². The van der Waals surface area contributed by atoms with Gasteiger partial charge in [-0.1, -0.05) is 60.7 Å². The minimum atomic E-state index is -0.954. The predicted molar refractivity (Wildman–Crippen MR) is 93.6 cm³/mol. The van der Waals surface area contributed by atoms with Crippen LogP contribution in [-0.2, 0) is 22.7 Å². The molecule has 2 rings (SSSR count). The smallest absolute Gasteiger partial charge is 0.211 e. The van der Waals surface area contributed by atoms with Gasteiger partial charge in [0.05, 0.1) is 38.4 Å². The van der Waals surface area contributed by atoms with Crippen LogP contribution >= 0.6 is 0 Å². The molecule has 0 unspecified atom stereocenters. The van der Waals surface area contributed by atoms with Crippen LogP contribution in [0.1, 0.15) is 11.1 Å². The van der Waals surface area contributed by atoms with E-state index in [1.165, 1.54) is 0 Å². The Morgan fingerprint density at radius 1 is 0.880 bits per heavy atom. The Morgan fingerprint density at radius 3 is 1.84 bits per heavy atom. The van der Waals surface area contributed by atoms with Crippen LogP contribution in [0, 0.1) is 16.0 Å². The molecule has 0 aliphatic heterocycles. The first-order chi connectivity index (χ1) is 12.1. The zero-order valence-corrected chi connectivity index (χ0v) is 14.0. The third kappa shape index (κ3) is 7.43. The molecule has 0 saturated carbocycles. The number of nitrogens with zero attached hydrogens (tertiary/aromatic N) is 1. The molecule has 0 amide bonds. The lowest BCUT2D eigenvalue weighted by Crippen LogP contribution is -2.34. The topological polar surface area (TPSA) is 81.8 Å². The molecule has 0 aromatic heterocycles. The molecular weight excluding hydrogens is 322 g/mol. The van der Waals surface area contributed by atoms with Crippen LogP contribution in [0.25, 0.3) is 0 Å². The standard InChI is InChI=1S/C19H23NO5/c21-19(15-25-13-17-9-5-2-6-10-17)18(11-20(22)23)14-24-12-16-7-3-1-4-8-16/h1-10,18-19,21H,11-15H2/t18-,19-/m0/s1. The molecule has 134 valence electrons. The van der Waals surface area contributed by atoms with Crippen molar-refractivity contribution in [3.63, 3.8) is 0 Å². The molecule has 1 N–H and O–H groups in total. The van der Waals surface area contributed by atoms with E-state index < -0.39 is 16.9 Å². The molecule has 2 aromatic rings. The molecule has 0 fully saturated rings. The molecule has 0 saturated heterocycles. The number of hydrogen-bond donors (Lipinski definition) is 1. The van der Waals surface area contributed by atoms with Crippen molar-refractivity contribution in [2.24, 2.45) is 5.92 Å². The lowest BCUT2D eigenvalue weighted by atomic mass is 10.0. The van der Waals surface area contributed by atoms with Crippen LogP contribution in [0.5, 0.6) is 0 Å². The number of hydrogen-bond acceptors (Lipinski definition) is 5. The van der Waals surface area contributed by atoms with E-state index in [0.717, 1.165) is 11.1 Å². The Labute approximate surface area is 147 Å². The van der Waals surface area contributed by atoms with Crippen molar-refractivity contribution in [1.29, 1.82) is 0 Å².